The molecule has 0 aliphatic carbocycles. The van der Waals surface area contributed by atoms with Crippen molar-refractivity contribution in [1.82, 2.24) is 5.32 Å². The first-order chi connectivity index (χ1) is 7.88. The van der Waals surface area contributed by atoms with E-state index in [9.17, 15) is 4.79 Å². The summed E-state index contributed by atoms with van der Waals surface area (Å²) in [5.74, 6) is 0.854. The SMILES string of the molecule is COc1ccccc1CN/C=C/COC=O. The Balaban J connectivity index is 2.36. The third kappa shape index (κ3) is 4.04. The Hall–Kier alpha value is -1.97. The molecule has 0 unspecified atom stereocenters. The van der Waals surface area contributed by atoms with Crippen molar-refractivity contribution in [3.63, 3.8) is 0 Å². The first-order valence-electron chi connectivity index (χ1n) is 4.94. The lowest BCUT2D eigenvalue weighted by Crippen LogP contribution is -2.06. The number of benzene rings is 1. The van der Waals surface area contributed by atoms with Gasteiger partial charge >= 0.3 is 0 Å². The fraction of sp³-hybridized carbons (Fsp3) is 0.250. The first-order valence-corrected chi connectivity index (χ1v) is 4.94. The molecular weight excluding hydrogens is 206 g/mol. The van der Waals surface area contributed by atoms with Crippen LogP contribution >= 0.6 is 0 Å². The number of carbonyl (C=O) groups excluding carboxylic acids is 1. The largest absolute Gasteiger partial charge is 0.496 e. The quantitative estimate of drug-likeness (QED) is 0.559. The maximum atomic E-state index is 9.85. The van der Waals surface area contributed by atoms with Crippen LogP contribution in [0.5, 0.6) is 5.75 Å². The van der Waals surface area contributed by atoms with Crippen LogP contribution in [-0.2, 0) is 16.1 Å². The molecule has 0 spiro atoms. The summed E-state index contributed by atoms with van der Waals surface area (Å²) in [6, 6.07) is 7.78. The van der Waals surface area contributed by atoms with E-state index in [1.807, 2.05) is 24.3 Å². The summed E-state index contributed by atoms with van der Waals surface area (Å²) in [7, 11) is 1.65. The van der Waals surface area contributed by atoms with E-state index in [1.165, 1.54) is 0 Å². The molecule has 0 saturated heterocycles. The van der Waals surface area contributed by atoms with Crippen LogP contribution in [0.15, 0.2) is 36.5 Å². The molecule has 16 heavy (non-hydrogen) atoms. The Morgan fingerprint density at radius 3 is 2.94 bits per heavy atom. The molecule has 0 aliphatic heterocycles. The Kier molecular flexibility index (Phi) is 5.55. The minimum atomic E-state index is 0.280. The monoisotopic (exact) mass is 221 g/mol. The predicted molar refractivity (Wildman–Crippen MR) is 61.0 cm³/mol. The van der Waals surface area contributed by atoms with E-state index in [2.05, 4.69) is 10.1 Å². The zero-order chi connectivity index (χ0) is 11.6. The zero-order valence-corrected chi connectivity index (χ0v) is 9.18. The normalized spacial score (nSPS) is 10.1. The summed E-state index contributed by atoms with van der Waals surface area (Å²) in [5.41, 5.74) is 1.07. The minimum Gasteiger partial charge on any atom is -0.496 e. The third-order valence-corrected chi connectivity index (χ3v) is 1.98. The second-order valence-electron chi connectivity index (χ2n) is 3.02. The highest BCUT2D eigenvalue weighted by atomic mass is 16.5. The lowest BCUT2D eigenvalue weighted by atomic mass is 10.2. The molecule has 0 aromatic heterocycles. The first kappa shape index (κ1) is 12.1. The van der Waals surface area contributed by atoms with Crippen LogP contribution in [-0.4, -0.2) is 20.2 Å². The van der Waals surface area contributed by atoms with Crippen LogP contribution in [0.2, 0.25) is 0 Å². The number of nitrogens with one attached hydrogen (secondary N) is 1. The van der Waals surface area contributed by atoms with Gasteiger partial charge in [-0.15, -0.1) is 0 Å². The highest BCUT2D eigenvalue weighted by Gasteiger charge is 1.98. The molecule has 0 fully saturated rings. The van der Waals surface area contributed by atoms with Crippen molar-refractivity contribution in [3.8, 4) is 5.75 Å². The lowest BCUT2D eigenvalue weighted by molar-refractivity contribution is -0.127. The van der Waals surface area contributed by atoms with E-state index in [-0.39, 0.29) is 6.61 Å². The molecule has 0 saturated carbocycles. The molecule has 0 aliphatic rings. The van der Waals surface area contributed by atoms with Crippen LogP contribution in [0.25, 0.3) is 0 Å². The van der Waals surface area contributed by atoms with Gasteiger partial charge in [-0.3, -0.25) is 4.79 Å². The number of ether oxygens (including phenoxy) is 2. The molecule has 0 amide bonds. The van der Waals surface area contributed by atoms with Gasteiger partial charge in [0.1, 0.15) is 12.4 Å². The number of methoxy groups -OCH3 is 1. The van der Waals surface area contributed by atoms with Gasteiger partial charge in [-0.25, -0.2) is 0 Å². The van der Waals surface area contributed by atoms with Gasteiger partial charge in [0.2, 0.25) is 0 Å². The van der Waals surface area contributed by atoms with Crippen molar-refractivity contribution in [2.75, 3.05) is 13.7 Å². The number of hydrogen-bond donors (Lipinski definition) is 1. The molecule has 0 bridgehead atoms. The van der Waals surface area contributed by atoms with E-state index in [0.29, 0.717) is 13.0 Å². The lowest BCUT2D eigenvalue weighted by Gasteiger charge is -2.07. The molecule has 4 heteroatoms. The topological polar surface area (TPSA) is 47.6 Å². The van der Waals surface area contributed by atoms with E-state index in [4.69, 9.17) is 4.74 Å². The van der Waals surface area contributed by atoms with Crippen LogP contribution in [0.1, 0.15) is 5.56 Å². The van der Waals surface area contributed by atoms with Crippen molar-refractivity contribution >= 4 is 6.47 Å². The average molecular weight is 221 g/mol. The van der Waals surface area contributed by atoms with Gasteiger partial charge in [0, 0.05) is 12.1 Å². The van der Waals surface area contributed by atoms with Crippen LogP contribution in [0.4, 0.5) is 0 Å². The Morgan fingerprint density at radius 2 is 2.19 bits per heavy atom. The van der Waals surface area contributed by atoms with Crippen LogP contribution in [0.3, 0.4) is 0 Å². The van der Waals surface area contributed by atoms with E-state index in [0.717, 1.165) is 11.3 Å². The zero-order valence-electron chi connectivity index (χ0n) is 9.18. The molecule has 1 N–H and O–H groups in total. The molecule has 1 aromatic rings. The highest BCUT2D eigenvalue weighted by Crippen LogP contribution is 2.16. The van der Waals surface area contributed by atoms with Crippen LogP contribution in [0, 0.1) is 0 Å². The smallest absolute Gasteiger partial charge is 0.293 e. The van der Waals surface area contributed by atoms with Crippen molar-refractivity contribution in [1.29, 1.82) is 0 Å². The summed E-state index contributed by atoms with van der Waals surface area (Å²) >= 11 is 0. The van der Waals surface area contributed by atoms with Gasteiger partial charge in [0.05, 0.1) is 7.11 Å². The number of para-hydroxylation sites is 1. The molecule has 0 radical (unpaired) electrons. The molecule has 0 heterocycles. The van der Waals surface area contributed by atoms with Gasteiger partial charge in [0.25, 0.3) is 6.47 Å². The average Bonchev–Trinajstić information content (AvgIpc) is 2.34. The second kappa shape index (κ2) is 7.34. The van der Waals surface area contributed by atoms with E-state index >= 15 is 0 Å². The van der Waals surface area contributed by atoms with E-state index in [1.54, 1.807) is 19.4 Å². The van der Waals surface area contributed by atoms with Crippen molar-refractivity contribution < 1.29 is 14.3 Å². The Morgan fingerprint density at radius 1 is 1.38 bits per heavy atom. The van der Waals surface area contributed by atoms with E-state index < -0.39 is 0 Å². The predicted octanol–water partition coefficient (Wildman–Crippen LogP) is 1.47. The van der Waals surface area contributed by atoms with Crippen molar-refractivity contribution in [3.05, 3.63) is 42.1 Å². The van der Waals surface area contributed by atoms with Gasteiger partial charge in [0.15, 0.2) is 0 Å². The number of carbonyl (C=O) groups is 1. The molecular formula is C12H15NO3. The summed E-state index contributed by atoms with van der Waals surface area (Å²) < 4.78 is 9.70. The number of rotatable bonds is 7. The summed E-state index contributed by atoms with van der Waals surface area (Å²) in [6.45, 7) is 1.37. The maximum absolute atomic E-state index is 9.85. The van der Waals surface area contributed by atoms with Gasteiger partial charge in [-0.2, -0.15) is 0 Å². The van der Waals surface area contributed by atoms with Gasteiger partial charge in [-0.1, -0.05) is 18.2 Å². The highest BCUT2D eigenvalue weighted by molar-refractivity contribution is 5.37. The van der Waals surface area contributed by atoms with Crippen molar-refractivity contribution in [2.24, 2.45) is 0 Å². The second-order valence-corrected chi connectivity index (χ2v) is 3.02. The summed E-state index contributed by atoms with van der Waals surface area (Å²) in [5, 5.41) is 3.08. The van der Waals surface area contributed by atoms with Crippen molar-refractivity contribution in [2.45, 2.75) is 6.54 Å². The summed E-state index contributed by atoms with van der Waals surface area (Å²) in [6.07, 6.45) is 3.47. The fourth-order valence-electron chi connectivity index (χ4n) is 1.24. The molecule has 4 nitrogen and oxygen atoms in total. The van der Waals surface area contributed by atoms with Crippen LogP contribution < -0.4 is 10.1 Å². The summed E-state index contributed by atoms with van der Waals surface area (Å²) in [4.78, 5) is 9.85. The Bertz CT molecular complexity index is 350. The number of hydrogen-bond acceptors (Lipinski definition) is 4. The molecule has 0 atom stereocenters. The Labute approximate surface area is 94.9 Å². The fourth-order valence-corrected chi connectivity index (χ4v) is 1.24. The molecule has 86 valence electrons. The van der Waals surface area contributed by atoms with Gasteiger partial charge < -0.3 is 14.8 Å². The molecule has 1 rings (SSSR count). The maximum Gasteiger partial charge on any atom is 0.293 e. The van der Waals surface area contributed by atoms with Gasteiger partial charge in [-0.05, 0) is 18.3 Å². The third-order valence-electron chi connectivity index (χ3n) is 1.98. The standard InChI is InChI=1S/C12H15NO3/c1-15-12-6-3-2-5-11(12)9-13-7-4-8-16-10-14/h2-7,10,13H,8-9H2,1H3/b7-4+. The molecule has 1 aromatic carbocycles. The minimum absolute atomic E-state index is 0.280.